The van der Waals surface area contributed by atoms with Gasteiger partial charge in [0.1, 0.15) is 6.29 Å². The molecule has 0 fully saturated rings. The van der Waals surface area contributed by atoms with Gasteiger partial charge in [0.25, 0.3) is 0 Å². The highest BCUT2D eigenvalue weighted by Crippen LogP contribution is 2.18. The Hall–Kier alpha value is -1.68. The lowest BCUT2D eigenvalue weighted by molar-refractivity contribution is -0.107. The Kier molecular flexibility index (Phi) is 2.78. The number of hydrogen-bond acceptors (Lipinski definition) is 3. The Morgan fingerprint density at radius 3 is 2.93 bits per heavy atom. The van der Waals surface area contributed by atoms with Gasteiger partial charge in [-0.05, 0) is 12.1 Å². The molecule has 1 aromatic carbocycles. The van der Waals surface area contributed by atoms with Gasteiger partial charge in [0.2, 0.25) is 0 Å². The van der Waals surface area contributed by atoms with Gasteiger partial charge in [0.15, 0.2) is 0 Å². The normalized spacial score (nSPS) is 10.2. The van der Waals surface area contributed by atoms with Crippen LogP contribution in [-0.2, 0) is 11.2 Å². The first-order valence-corrected chi connectivity index (χ1v) is 4.79. The molecule has 0 aliphatic heterocycles. The van der Waals surface area contributed by atoms with Crippen LogP contribution in [0.3, 0.4) is 0 Å². The standard InChI is InChI=1S/C10H8ClN3O/c11-9-3-1-2-4-10(9)14-7-8(5-6-15)12-13-14/h1-4,6-7H,5H2. The molecule has 5 heteroatoms. The van der Waals surface area contributed by atoms with Crippen LogP contribution in [0, 0.1) is 0 Å². The summed E-state index contributed by atoms with van der Waals surface area (Å²) in [5, 5.41) is 8.33. The van der Waals surface area contributed by atoms with Gasteiger partial charge in [-0.2, -0.15) is 0 Å². The summed E-state index contributed by atoms with van der Waals surface area (Å²) < 4.78 is 1.56. The van der Waals surface area contributed by atoms with Crippen LogP contribution >= 0.6 is 11.6 Å². The van der Waals surface area contributed by atoms with Gasteiger partial charge < -0.3 is 4.79 Å². The summed E-state index contributed by atoms with van der Waals surface area (Å²) in [6, 6.07) is 7.32. The SMILES string of the molecule is O=CCc1cn(-c2ccccc2Cl)nn1. The molecule has 0 saturated heterocycles. The number of aldehydes is 1. The quantitative estimate of drug-likeness (QED) is 0.741. The molecule has 0 bridgehead atoms. The van der Waals surface area contributed by atoms with Gasteiger partial charge in [-0.1, -0.05) is 28.9 Å². The van der Waals surface area contributed by atoms with E-state index in [0.717, 1.165) is 12.0 Å². The molecule has 0 spiro atoms. The number of carbonyl (C=O) groups excluding carboxylic acids is 1. The molecule has 76 valence electrons. The molecule has 0 unspecified atom stereocenters. The Labute approximate surface area is 91.5 Å². The van der Waals surface area contributed by atoms with Gasteiger partial charge in [-0.25, -0.2) is 4.68 Å². The predicted molar refractivity (Wildman–Crippen MR) is 56.1 cm³/mol. The van der Waals surface area contributed by atoms with Crippen LogP contribution in [0.5, 0.6) is 0 Å². The fraction of sp³-hybridized carbons (Fsp3) is 0.100. The van der Waals surface area contributed by atoms with Crippen LogP contribution in [0.15, 0.2) is 30.5 Å². The molecule has 4 nitrogen and oxygen atoms in total. The monoisotopic (exact) mass is 221 g/mol. The third-order valence-electron chi connectivity index (χ3n) is 1.93. The average Bonchev–Trinajstić information content (AvgIpc) is 2.68. The molecule has 2 aromatic rings. The van der Waals surface area contributed by atoms with Crippen LogP contribution in [0.4, 0.5) is 0 Å². The summed E-state index contributed by atoms with van der Waals surface area (Å²) in [6.45, 7) is 0. The van der Waals surface area contributed by atoms with E-state index in [0.29, 0.717) is 10.7 Å². The molecule has 15 heavy (non-hydrogen) atoms. The maximum Gasteiger partial charge on any atom is 0.126 e. The fourth-order valence-electron chi connectivity index (χ4n) is 1.23. The molecule has 1 aromatic heterocycles. The number of hydrogen-bond donors (Lipinski definition) is 0. The van der Waals surface area contributed by atoms with Gasteiger partial charge in [-0.15, -0.1) is 5.10 Å². The number of nitrogens with zero attached hydrogens (tertiary/aromatic N) is 3. The first-order valence-electron chi connectivity index (χ1n) is 4.41. The molecule has 0 N–H and O–H groups in total. The zero-order valence-corrected chi connectivity index (χ0v) is 8.55. The fourth-order valence-corrected chi connectivity index (χ4v) is 1.45. The van der Waals surface area contributed by atoms with E-state index in [1.54, 1.807) is 16.9 Å². The largest absolute Gasteiger partial charge is 0.303 e. The van der Waals surface area contributed by atoms with E-state index in [-0.39, 0.29) is 6.42 Å². The lowest BCUT2D eigenvalue weighted by atomic mass is 10.3. The highest BCUT2D eigenvalue weighted by atomic mass is 35.5. The van der Waals surface area contributed by atoms with E-state index >= 15 is 0 Å². The molecule has 0 amide bonds. The zero-order valence-electron chi connectivity index (χ0n) is 7.80. The maximum atomic E-state index is 10.3. The Morgan fingerprint density at radius 2 is 2.20 bits per heavy atom. The van der Waals surface area contributed by atoms with E-state index in [9.17, 15) is 4.79 Å². The summed E-state index contributed by atoms with van der Waals surface area (Å²) in [7, 11) is 0. The Morgan fingerprint density at radius 1 is 1.40 bits per heavy atom. The van der Waals surface area contributed by atoms with Crippen molar-refractivity contribution in [2.75, 3.05) is 0 Å². The molecule has 1 heterocycles. The lowest BCUT2D eigenvalue weighted by Crippen LogP contribution is -1.95. The minimum atomic E-state index is 0.268. The van der Waals surface area contributed by atoms with E-state index < -0.39 is 0 Å². The van der Waals surface area contributed by atoms with Gasteiger partial charge in [0.05, 0.1) is 22.6 Å². The first-order chi connectivity index (χ1) is 7.31. The van der Waals surface area contributed by atoms with Crippen LogP contribution in [-0.4, -0.2) is 21.3 Å². The van der Waals surface area contributed by atoms with Crippen molar-refractivity contribution in [2.45, 2.75) is 6.42 Å². The highest BCUT2D eigenvalue weighted by Gasteiger charge is 2.04. The van der Waals surface area contributed by atoms with Crippen molar-refractivity contribution in [3.05, 3.63) is 41.2 Å². The lowest BCUT2D eigenvalue weighted by Gasteiger charge is -2.00. The van der Waals surface area contributed by atoms with Crippen LogP contribution in [0.2, 0.25) is 5.02 Å². The Bertz CT molecular complexity index is 481. The molecular formula is C10H8ClN3O. The predicted octanol–water partition coefficient (Wildman–Crippen LogP) is 1.66. The topological polar surface area (TPSA) is 47.8 Å². The van der Waals surface area contributed by atoms with Crippen molar-refractivity contribution in [2.24, 2.45) is 0 Å². The minimum Gasteiger partial charge on any atom is -0.303 e. The van der Waals surface area contributed by atoms with Crippen molar-refractivity contribution in [3.8, 4) is 5.69 Å². The minimum absolute atomic E-state index is 0.268. The number of carbonyl (C=O) groups is 1. The van der Waals surface area contributed by atoms with E-state index in [1.807, 2.05) is 18.2 Å². The third-order valence-corrected chi connectivity index (χ3v) is 2.25. The molecule has 0 aliphatic carbocycles. The molecule has 0 saturated carbocycles. The van der Waals surface area contributed by atoms with Gasteiger partial charge in [0, 0.05) is 6.42 Å². The summed E-state index contributed by atoms with van der Waals surface area (Å²) >= 11 is 5.99. The molecule has 0 atom stereocenters. The number of rotatable bonds is 3. The number of halogens is 1. The van der Waals surface area contributed by atoms with Crippen LogP contribution in [0.1, 0.15) is 5.69 Å². The second kappa shape index (κ2) is 4.23. The second-order valence-electron chi connectivity index (χ2n) is 2.98. The van der Waals surface area contributed by atoms with Crippen molar-refractivity contribution in [3.63, 3.8) is 0 Å². The van der Waals surface area contributed by atoms with E-state index in [4.69, 9.17) is 11.6 Å². The Balaban J connectivity index is 2.37. The molecule has 0 radical (unpaired) electrons. The number of para-hydroxylation sites is 1. The van der Waals surface area contributed by atoms with E-state index in [2.05, 4.69) is 10.3 Å². The summed E-state index contributed by atoms with van der Waals surface area (Å²) in [5.74, 6) is 0. The van der Waals surface area contributed by atoms with E-state index in [1.165, 1.54) is 0 Å². The van der Waals surface area contributed by atoms with Crippen molar-refractivity contribution < 1.29 is 4.79 Å². The summed E-state index contributed by atoms with van der Waals surface area (Å²) in [4.78, 5) is 10.3. The van der Waals surface area contributed by atoms with Gasteiger partial charge in [-0.3, -0.25) is 0 Å². The van der Waals surface area contributed by atoms with Crippen molar-refractivity contribution in [1.29, 1.82) is 0 Å². The highest BCUT2D eigenvalue weighted by molar-refractivity contribution is 6.32. The zero-order chi connectivity index (χ0) is 10.7. The second-order valence-corrected chi connectivity index (χ2v) is 3.38. The first kappa shape index (κ1) is 9.86. The molecule has 0 aliphatic rings. The maximum absolute atomic E-state index is 10.3. The smallest absolute Gasteiger partial charge is 0.126 e. The number of aromatic nitrogens is 3. The van der Waals surface area contributed by atoms with Crippen molar-refractivity contribution in [1.82, 2.24) is 15.0 Å². The molecule has 2 rings (SSSR count). The van der Waals surface area contributed by atoms with Crippen LogP contribution < -0.4 is 0 Å². The third kappa shape index (κ3) is 2.05. The average molecular weight is 222 g/mol. The van der Waals surface area contributed by atoms with Gasteiger partial charge >= 0.3 is 0 Å². The van der Waals surface area contributed by atoms with Crippen LogP contribution in [0.25, 0.3) is 5.69 Å². The molecular weight excluding hydrogens is 214 g/mol. The summed E-state index contributed by atoms with van der Waals surface area (Å²) in [6.07, 6.45) is 2.75. The van der Waals surface area contributed by atoms with Crippen molar-refractivity contribution >= 4 is 17.9 Å². The number of benzene rings is 1. The summed E-state index contributed by atoms with van der Waals surface area (Å²) in [5.41, 5.74) is 1.38.